The van der Waals surface area contributed by atoms with E-state index in [1.165, 1.54) is 11.3 Å². The number of rotatable bonds is 7. The van der Waals surface area contributed by atoms with Crippen LogP contribution in [0.25, 0.3) is 10.2 Å². The highest BCUT2D eigenvalue weighted by Gasteiger charge is 2.11. The molecule has 3 rings (SSSR count). The molecule has 1 amide bonds. The fraction of sp³-hybridized carbons (Fsp3) is 0.300. The second-order valence-corrected chi connectivity index (χ2v) is 9.07. The summed E-state index contributed by atoms with van der Waals surface area (Å²) in [6.45, 7) is 3.98. The Morgan fingerprint density at radius 3 is 2.67 bits per heavy atom. The minimum Gasteiger partial charge on any atom is -0.326 e. The molecule has 1 aromatic heterocycles. The molecule has 0 saturated carbocycles. The zero-order valence-corrected chi connectivity index (χ0v) is 17.6. The van der Waals surface area contributed by atoms with Crippen LogP contribution in [0.2, 0.25) is 5.02 Å². The van der Waals surface area contributed by atoms with Gasteiger partial charge in [-0.05, 0) is 68.5 Å². The topological polar surface area (TPSA) is 51.1 Å². The van der Waals surface area contributed by atoms with E-state index in [1.807, 2.05) is 56.3 Å². The van der Waals surface area contributed by atoms with Gasteiger partial charge in [0.1, 0.15) is 0 Å². The van der Waals surface area contributed by atoms with Gasteiger partial charge in [-0.1, -0.05) is 22.9 Å². The molecule has 2 aromatic carbocycles. The van der Waals surface area contributed by atoms with Gasteiger partial charge in [0, 0.05) is 28.1 Å². The minimum atomic E-state index is -0.0123. The van der Waals surface area contributed by atoms with Gasteiger partial charge in [-0.15, -0.1) is 11.8 Å². The molecule has 7 heteroatoms. The number of hydrogen-bond acceptors (Lipinski definition) is 4. The van der Waals surface area contributed by atoms with Crippen molar-refractivity contribution >= 4 is 56.5 Å². The molecule has 0 aliphatic rings. The van der Waals surface area contributed by atoms with Gasteiger partial charge in [0.05, 0.1) is 10.2 Å². The van der Waals surface area contributed by atoms with Gasteiger partial charge in [0.2, 0.25) is 5.91 Å². The van der Waals surface area contributed by atoms with Crippen LogP contribution in [-0.2, 0) is 4.79 Å². The van der Waals surface area contributed by atoms with Crippen molar-refractivity contribution in [2.45, 2.75) is 37.6 Å². The molecular weight excluding hydrogens is 400 g/mol. The Hall–Kier alpha value is -1.76. The Labute approximate surface area is 171 Å². The monoisotopic (exact) mass is 420 g/mol. The lowest BCUT2D eigenvalue weighted by Crippen LogP contribution is -2.14. The van der Waals surface area contributed by atoms with Crippen LogP contribution in [0.15, 0.2) is 52.2 Å². The maximum atomic E-state index is 12.2. The third-order valence-corrected chi connectivity index (χ3v) is 6.31. The minimum absolute atomic E-state index is 0.0123. The first-order valence-corrected chi connectivity index (χ1v) is 11.0. The predicted octanol–water partition coefficient (Wildman–Crippen LogP) is 5.81. The zero-order valence-electron chi connectivity index (χ0n) is 15.2. The largest absolute Gasteiger partial charge is 0.326 e. The number of nitrogens with zero attached hydrogens (tertiary/aromatic N) is 1. The second-order valence-electron chi connectivity index (χ2n) is 6.47. The number of thioether (sulfide) groups is 1. The Bertz CT molecular complexity index is 993. The number of carbonyl (C=O) groups is 1. The van der Waals surface area contributed by atoms with E-state index in [4.69, 9.17) is 11.6 Å². The third-order valence-electron chi connectivity index (χ3n) is 4.04. The highest BCUT2D eigenvalue weighted by Crippen LogP contribution is 2.25. The summed E-state index contributed by atoms with van der Waals surface area (Å²) >= 11 is 8.80. The summed E-state index contributed by atoms with van der Waals surface area (Å²) in [6.07, 6.45) is 1.25. The quantitative estimate of drug-likeness (QED) is 0.387. The molecule has 0 aliphatic heterocycles. The summed E-state index contributed by atoms with van der Waals surface area (Å²) in [5.41, 5.74) is 1.65. The maximum Gasteiger partial charge on any atom is 0.308 e. The molecule has 1 heterocycles. The summed E-state index contributed by atoms with van der Waals surface area (Å²) in [6, 6.07) is 13.5. The number of aromatic nitrogens is 1. The van der Waals surface area contributed by atoms with Gasteiger partial charge in [-0.2, -0.15) is 0 Å². The first-order valence-electron chi connectivity index (χ1n) is 8.77. The zero-order chi connectivity index (χ0) is 19.4. The SMILES string of the molecule is CC(C)n1c(=O)sc2cc(NC(=O)CCCSc3ccc(Cl)cc3)ccc21. The standard InChI is InChI=1S/C20H21ClN2O2S2/c1-13(2)23-17-10-7-15(12-18(17)27-20(23)25)22-19(24)4-3-11-26-16-8-5-14(21)6-9-16/h5-10,12-13H,3-4,11H2,1-2H3,(H,22,24). The van der Waals surface area contributed by atoms with Crippen LogP contribution in [0, 0.1) is 0 Å². The van der Waals surface area contributed by atoms with E-state index in [9.17, 15) is 9.59 Å². The predicted molar refractivity (Wildman–Crippen MR) is 117 cm³/mol. The molecule has 0 aliphatic carbocycles. The number of amides is 1. The van der Waals surface area contributed by atoms with Crippen molar-refractivity contribution in [2.75, 3.05) is 11.1 Å². The van der Waals surface area contributed by atoms with Crippen LogP contribution >= 0.6 is 34.7 Å². The molecule has 0 radical (unpaired) electrons. The third kappa shape index (κ3) is 5.15. The number of nitrogens with one attached hydrogen (secondary N) is 1. The molecule has 0 fully saturated rings. The molecule has 142 valence electrons. The van der Waals surface area contributed by atoms with E-state index in [0.717, 1.165) is 38.0 Å². The second kappa shape index (κ2) is 8.95. The van der Waals surface area contributed by atoms with E-state index < -0.39 is 0 Å². The van der Waals surface area contributed by atoms with Crippen molar-refractivity contribution in [2.24, 2.45) is 0 Å². The number of anilines is 1. The molecule has 4 nitrogen and oxygen atoms in total. The summed E-state index contributed by atoms with van der Waals surface area (Å²) in [4.78, 5) is 25.5. The van der Waals surface area contributed by atoms with E-state index in [0.29, 0.717) is 6.42 Å². The van der Waals surface area contributed by atoms with Crippen LogP contribution < -0.4 is 10.2 Å². The normalized spacial score (nSPS) is 11.3. The van der Waals surface area contributed by atoms with Crippen LogP contribution in [0.3, 0.4) is 0 Å². The molecule has 0 unspecified atom stereocenters. The summed E-state index contributed by atoms with van der Waals surface area (Å²) in [5.74, 6) is 0.856. The molecular formula is C20H21ClN2O2S2. The van der Waals surface area contributed by atoms with Crippen molar-refractivity contribution in [1.29, 1.82) is 0 Å². The first kappa shape index (κ1) is 20.0. The van der Waals surface area contributed by atoms with Gasteiger partial charge in [0.15, 0.2) is 0 Å². The van der Waals surface area contributed by atoms with Gasteiger partial charge in [-0.25, -0.2) is 0 Å². The van der Waals surface area contributed by atoms with Crippen LogP contribution in [0.4, 0.5) is 5.69 Å². The number of halogens is 1. The lowest BCUT2D eigenvalue weighted by molar-refractivity contribution is -0.116. The summed E-state index contributed by atoms with van der Waals surface area (Å²) in [5, 5.41) is 3.65. The van der Waals surface area contributed by atoms with Gasteiger partial charge < -0.3 is 5.32 Å². The Balaban J connectivity index is 1.53. The molecule has 0 atom stereocenters. The first-order chi connectivity index (χ1) is 12.9. The highest BCUT2D eigenvalue weighted by molar-refractivity contribution is 7.99. The molecule has 3 aromatic rings. The molecule has 0 spiro atoms. The van der Waals surface area contributed by atoms with E-state index in [-0.39, 0.29) is 16.8 Å². The van der Waals surface area contributed by atoms with Crippen LogP contribution in [0.5, 0.6) is 0 Å². The van der Waals surface area contributed by atoms with Crippen molar-refractivity contribution in [3.63, 3.8) is 0 Å². The van der Waals surface area contributed by atoms with E-state index in [1.54, 1.807) is 16.3 Å². The summed E-state index contributed by atoms with van der Waals surface area (Å²) < 4.78 is 2.67. The van der Waals surface area contributed by atoms with Gasteiger partial charge >= 0.3 is 4.87 Å². The van der Waals surface area contributed by atoms with Crippen molar-refractivity contribution < 1.29 is 4.79 Å². The molecule has 1 N–H and O–H groups in total. The van der Waals surface area contributed by atoms with E-state index in [2.05, 4.69) is 5.32 Å². The fourth-order valence-corrected chi connectivity index (χ4v) is 4.81. The van der Waals surface area contributed by atoms with Crippen molar-refractivity contribution in [1.82, 2.24) is 4.57 Å². The van der Waals surface area contributed by atoms with Gasteiger partial charge in [-0.3, -0.25) is 14.2 Å². The van der Waals surface area contributed by atoms with E-state index >= 15 is 0 Å². The lowest BCUT2D eigenvalue weighted by Gasteiger charge is -2.08. The smallest absolute Gasteiger partial charge is 0.308 e. The number of hydrogen-bond donors (Lipinski definition) is 1. The number of fused-ring (bicyclic) bond motifs is 1. The lowest BCUT2D eigenvalue weighted by atomic mass is 10.2. The average molecular weight is 421 g/mol. The molecule has 0 saturated heterocycles. The number of thiazole rings is 1. The average Bonchev–Trinajstić information content (AvgIpc) is 2.95. The highest BCUT2D eigenvalue weighted by atomic mass is 35.5. The Morgan fingerprint density at radius 1 is 1.22 bits per heavy atom. The van der Waals surface area contributed by atoms with Crippen molar-refractivity contribution in [3.8, 4) is 0 Å². The fourth-order valence-electron chi connectivity index (χ4n) is 2.78. The molecule has 0 bridgehead atoms. The number of benzene rings is 2. The summed E-state index contributed by atoms with van der Waals surface area (Å²) in [7, 11) is 0. The van der Waals surface area contributed by atoms with Crippen molar-refractivity contribution in [3.05, 3.63) is 57.2 Å². The Morgan fingerprint density at radius 2 is 1.96 bits per heavy atom. The van der Waals surface area contributed by atoms with Crippen LogP contribution in [-0.4, -0.2) is 16.2 Å². The van der Waals surface area contributed by atoms with Gasteiger partial charge in [0.25, 0.3) is 0 Å². The maximum absolute atomic E-state index is 12.2. The molecule has 27 heavy (non-hydrogen) atoms. The Kier molecular flexibility index (Phi) is 6.63. The van der Waals surface area contributed by atoms with Crippen LogP contribution in [0.1, 0.15) is 32.7 Å². The number of carbonyl (C=O) groups excluding carboxylic acids is 1.